The molecule has 2 heterocycles. The first-order valence-electron chi connectivity index (χ1n) is 8.54. The molecule has 6 nitrogen and oxygen atoms in total. The number of hydrogen-bond acceptors (Lipinski definition) is 5. The number of carbonyl (C=O) groups excluding carboxylic acids is 3. The number of aryl methyl sites for hydroxylation is 1. The number of nitrogens with zero attached hydrogens (tertiary/aromatic N) is 1. The predicted molar refractivity (Wildman–Crippen MR) is 108 cm³/mol. The Morgan fingerprint density at radius 1 is 1.26 bits per heavy atom. The van der Waals surface area contributed by atoms with E-state index in [9.17, 15) is 14.4 Å². The van der Waals surface area contributed by atoms with E-state index in [0.29, 0.717) is 30.1 Å². The first kappa shape index (κ1) is 19.4. The summed E-state index contributed by atoms with van der Waals surface area (Å²) in [4.78, 5) is 39.6. The van der Waals surface area contributed by atoms with Crippen LogP contribution in [-0.2, 0) is 22.6 Å². The van der Waals surface area contributed by atoms with Crippen molar-refractivity contribution >= 4 is 45.8 Å². The molecule has 3 N–H and O–H groups in total. The molecule has 0 spiro atoms. The molecule has 0 aliphatic carbocycles. The summed E-state index contributed by atoms with van der Waals surface area (Å²) in [6, 6.07) is 7.95. The van der Waals surface area contributed by atoms with Crippen molar-refractivity contribution in [2.75, 3.05) is 17.6 Å². The van der Waals surface area contributed by atoms with Crippen LogP contribution in [0.25, 0.3) is 0 Å². The lowest BCUT2D eigenvalue weighted by Gasteiger charge is -2.25. The Morgan fingerprint density at radius 3 is 2.59 bits per heavy atom. The van der Waals surface area contributed by atoms with Crippen molar-refractivity contribution in [3.8, 4) is 0 Å². The highest BCUT2D eigenvalue weighted by Crippen LogP contribution is 2.37. The Labute approximate surface area is 166 Å². The molecule has 142 valence electrons. The second-order valence-electron chi connectivity index (χ2n) is 6.41. The molecule has 0 bridgehead atoms. The third-order valence-corrected chi connectivity index (χ3v) is 6.54. The quantitative estimate of drug-likeness (QED) is 0.751. The van der Waals surface area contributed by atoms with Gasteiger partial charge in [-0.2, -0.15) is 0 Å². The molecular weight excluding hydrogens is 382 g/mol. The number of fused-ring (bicyclic) bond motifs is 1. The van der Waals surface area contributed by atoms with Crippen LogP contribution in [0.1, 0.15) is 33.3 Å². The molecule has 0 saturated carbocycles. The summed E-state index contributed by atoms with van der Waals surface area (Å²) < 4.78 is 0. The minimum absolute atomic E-state index is 0.00485. The van der Waals surface area contributed by atoms with E-state index in [0.717, 1.165) is 15.3 Å². The third kappa shape index (κ3) is 4.51. The van der Waals surface area contributed by atoms with E-state index < -0.39 is 5.91 Å². The molecule has 2 aromatic rings. The highest BCUT2D eigenvalue weighted by atomic mass is 32.2. The summed E-state index contributed by atoms with van der Waals surface area (Å²) in [5.74, 6) is -0.506. The molecule has 1 aliphatic heterocycles. The Kier molecular flexibility index (Phi) is 5.86. The van der Waals surface area contributed by atoms with Crippen molar-refractivity contribution in [2.45, 2.75) is 31.7 Å². The van der Waals surface area contributed by atoms with Gasteiger partial charge in [0.05, 0.1) is 17.9 Å². The van der Waals surface area contributed by atoms with E-state index in [-0.39, 0.29) is 17.6 Å². The van der Waals surface area contributed by atoms with Crippen molar-refractivity contribution in [3.63, 3.8) is 0 Å². The third-order valence-electron chi connectivity index (χ3n) is 4.39. The maximum Gasteiger partial charge on any atom is 0.251 e. The van der Waals surface area contributed by atoms with E-state index in [1.807, 2.05) is 31.2 Å². The zero-order chi connectivity index (χ0) is 19.6. The van der Waals surface area contributed by atoms with Gasteiger partial charge in [0.1, 0.15) is 5.00 Å². The average Bonchev–Trinajstić information content (AvgIpc) is 2.98. The minimum Gasteiger partial charge on any atom is -0.365 e. The predicted octanol–water partition coefficient (Wildman–Crippen LogP) is 2.79. The Balaban J connectivity index is 1.72. The average molecular weight is 404 g/mol. The normalized spacial score (nSPS) is 13.2. The Hall–Kier alpha value is -2.32. The van der Waals surface area contributed by atoms with E-state index in [2.05, 4.69) is 5.32 Å². The summed E-state index contributed by atoms with van der Waals surface area (Å²) in [6.07, 6.45) is 0.567. The molecule has 0 saturated heterocycles. The molecule has 0 radical (unpaired) electrons. The molecule has 0 unspecified atom stereocenters. The number of primary amides is 1. The topological polar surface area (TPSA) is 92.5 Å². The second kappa shape index (κ2) is 8.14. The minimum atomic E-state index is -0.551. The fraction of sp³-hybridized carbons (Fsp3) is 0.316. The summed E-state index contributed by atoms with van der Waals surface area (Å²) in [7, 11) is 0. The number of carbonyl (C=O) groups is 3. The molecule has 1 aromatic carbocycles. The molecule has 0 atom stereocenters. The van der Waals surface area contributed by atoms with E-state index >= 15 is 0 Å². The van der Waals surface area contributed by atoms with Crippen LogP contribution >= 0.6 is 23.1 Å². The number of anilines is 1. The molecule has 1 aromatic heterocycles. The number of amides is 3. The number of nitrogens with two attached hydrogens (primary N) is 1. The van der Waals surface area contributed by atoms with Gasteiger partial charge in [-0.1, -0.05) is 17.7 Å². The smallest absolute Gasteiger partial charge is 0.251 e. The molecule has 0 fully saturated rings. The number of thioether (sulfide) groups is 1. The van der Waals surface area contributed by atoms with Gasteiger partial charge in [0.25, 0.3) is 5.91 Å². The van der Waals surface area contributed by atoms with Crippen LogP contribution in [-0.4, -0.2) is 34.9 Å². The molecule has 3 rings (SSSR count). The highest BCUT2D eigenvalue weighted by molar-refractivity contribution is 8.00. The van der Waals surface area contributed by atoms with Crippen molar-refractivity contribution in [2.24, 2.45) is 5.73 Å². The summed E-state index contributed by atoms with van der Waals surface area (Å²) in [6.45, 7) is 4.54. The maximum atomic E-state index is 12.4. The molecule has 3 amide bonds. The molecule has 1 aliphatic rings. The Morgan fingerprint density at radius 2 is 1.96 bits per heavy atom. The van der Waals surface area contributed by atoms with Gasteiger partial charge < -0.3 is 16.0 Å². The van der Waals surface area contributed by atoms with Crippen LogP contribution in [0.15, 0.2) is 29.2 Å². The van der Waals surface area contributed by atoms with Gasteiger partial charge in [0.2, 0.25) is 11.8 Å². The van der Waals surface area contributed by atoms with Crippen LogP contribution in [0, 0.1) is 6.92 Å². The van der Waals surface area contributed by atoms with Crippen LogP contribution in [0.5, 0.6) is 0 Å². The number of hydrogen-bond donors (Lipinski definition) is 2. The zero-order valence-electron chi connectivity index (χ0n) is 15.2. The fourth-order valence-electron chi connectivity index (χ4n) is 2.97. The van der Waals surface area contributed by atoms with Crippen molar-refractivity contribution in [1.29, 1.82) is 0 Å². The summed E-state index contributed by atoms with van der Waals surface area (Å²) in [5.41, 5.74) is 7.96. The SMILES string of the molecule is CC(=O)N1CCc2c(sc(NC(=O)CSc3ccc(C)cc3)c2C(N)=O)C1. The standard InChI is InChI=1S/C19H21N3O3S2/c1-11-3-5-13(6-4-11)26-10-16(24)21-19-17(18(20)25)14-7-8-22(12(2)23)9-15(14)27-19/h3-6H,7-10H2,1-2H3,(H2,20,25)(H,21,24). The first-order chi connectivity index (χ1) is 12.8. The van der Waals surface area contributed by atoms with Gasteiger partial charge in [0.15, 0.2) is 0 Å². The molecular formula is C19H21N3O3S2. The molecule has 27 heavy (non-hydrogen) atoms. The first-order valence-corrected chi connectivity index (χ1v) is 10.3. The van der Waals surface area contributed by atoms with Gasteiger partial charge in [-0.15, -0.1) is 23.1 Å². The van der Waals surface area contributed by atoms with Gasteiger partial charge in [0, 0.05) is 23.2 Å². The van der Waals surface area contributed by atoms with E-state index in [1.165, 1.54) is 35.6 Å². The monoisotopic (exact) mass is 403 g/mol. The lowest BCUT2D eigenvalue weighted by Crippen LogP contribution is -2.34. The van der Waals surface area contributed by atoms with Gasteiger partial charge >= 0.3 is 0 Å². The van der Waals surface area contributed by atoms with Crippen LogP contribution < -0.4 is 11.1 Å². The van der Waals surface area contributed by atoms with E-state index in [1.54, 1.807) is 4.90 Å². The van der Waals surface area contributed by atoms with Gasteiger partial charge in [-0.25, -0.2) is 0 Å². The van der Waals surface area contributed by atoms with Gasteiger partial charge in [-0.05, 0) is 31.0 Å². The van der Waals surface area contributed by atoms with Gasteiger partial charge in [-0.3, -0.25) is 14.4 Å². The lowest BCUT2D eigenvalue weighted by atomic mass is 10.0. The van der Waals surface area contributed by atoms with Crippen LogP contribution in [0.2, 0.25) is 0 Å². The Bertz CT molecular complexity index is 890. The van der Waals surface area contributed by atoms with Crippen LogP contribution in [0.4, 0.5) is 5.00 Å². The number of thiophene rings is 1. The van der Waals surface area contributed by atoms with Crippen molar-refractivity contribution in [3.05, 3.63) is 45.8 Å². The maximum absolute atomic E-state index is 12.4. The summed E-state index contributed by atoms with van der Waals surface area (Å²) >= 11 is 2.76. The number of rotatable bonds is 5. The lowest BCUT2D eigenvalue weighted by molar-refractivity contribution is -0.129. The number of benzene rings is 1. The van der Waals surface area contributed by atoms with Crippen LogP contribution in [0.3, 0.4) is 0 Å². The highest BCUT2D eigenvalue weighted by Gasteiger charge is 2.28. The summed E-state index contributed by atoms with van der Waals surface area (Å²) in [5, 5.41) is 3.31. The van der Waals surface area contributed by atoms with E-state index in [4.69, 9.17) is 5.73 Å². The second-order valence-corrected chi connectivity index (χ2v) is 8.57. The largest absolute Gasteiger partial charge is 0.365 e. The number of nitrogens with one attached hydrogen (secondary N) is 1. The zero-order valence-corrected chi connectivity index (χ0v) is 16.8. The van der Waals surface area contributed by atoms with Crippen molar-refractivity contribution in [1.82, 2.24) is 4.90 Å². The molecule has 8 heteroatoms. The van der Waals surface area contributed by atoms with Crippen molar-refractivity contribution < 1.29 is 14.4 Å². The fourth-order valence-corrected chi connectivity index (χ4v) is 4.95.